The van der Waals surface area contributed by atoms with Crippen molar-refractivity contribution < 1.29 is 32.6 Å². The van der Waals surface area contributed by atoms with Gasteiger partial charge in [0.2, 0.25) is 0 Å². The fraction of sp³-hybridized carbons (Fsp3) is 0.471. The molecular weight excluding hydrogens is 336 g/mol. The molecule has 1 aromatic rings. The quantitative estimate of drug-likeness (QED) is 0.597. The van der Waals surface area contributed by atoms with Gasteiger partial charge in [-0.1, -0.05) is 6.07 Å². The Bertz CT molecular complexity index is 705. The third-order valence-corrected chi connectivity index (χ3v) is 4.34. The molecule has 134 valence electrons. The molecule has 1 aromatic carbocycles. The largest absolute Gasteiger partial charge is 0.493 e. The lowest BCUT2D eigenvalue weighted by molar-refractivity contribution is -0.154. The van der Waals surface area contributed by atoms with Gasteiger partial charge in [0, 0.05) is 12.3 Å². The van der Waals surface area contributed by atoms with Gasteiger partial charge in [-0.3, -0.25) is 9.59 Å². The van der Waals surface area contributed by atoms with Gasteiger partial charge in [0.25, 0.3) is 0 Å². The number of nitriles is 1. The number of ketones is 1. The van der Waals surface area contributed by atoms with Gasteiger partial charge in [0.05, 0.1) is 20.3 Å². The van der Waals surface area contributed by atoms with Crippen molar-refractivity contribution in [3.63, 3.8) is 0 Å². The Hall–Kier alpha value is -2.69. The number of hydrogen-bond acceptors (Lipinski definition) is 6. The summed E-state index contributed by atoms with van der Waals surface area (Å²) in [7, 11) is 2.41. The molecule has 2 atom stereocenters. The van der Waals surface area contributed by atoms with E-state index in [9.17, 15) is 23.6 Å². The summed E-state index contributed by atoms with van der Waals surface area (Å²) in [5.74, 6) is -2.04. The summed E-state index contributed by atoms with van der Waals surface area (Å²) in [6.45, 7) is -3.10. The number of methoxy groups -OCH3 is 2. The Balaban J connectivity index is 2.61. The first-order valence-corrected chi connectivity index (χ1v) is 7.53. The number of hydrogen-bond donors (Lipinski definition) is 0. The average Bonchev–Trinajstić information content (AvgIpc) is 2.61. The average molecular weight is 353 g/mol. The van der Waals surface area contributed by atoms with Crippen molar-refractivity contribution >= 4 is 11.8 Å². The minimum Gasteiger partial charge on any atom is -0.493 e. The van der Waals surface area contributed by atoms with Crippen molar-refractivity contribution in [1.82, 2.24) is 0 Å². The third kappa shape index (κ3) is 3.40. The van der Waals surface area contributed by atoms with E-state index in [4.69, 9.17) is 9.47 Å². The Morgan fingerprint density at radius 1 is 1.36 bits per heavy atom. The van der Waals surface area contributed by atoms with Crippen LogP contribution < -0.4 is 9.47 Å². The van der Waals surface area contributed by atoms with E-state index >= 15 is 0 Å². The maximum atomic E-state index is 12.6. The molecule has 6 nitrogen and oxygen atoms in total. The molecule has 1 aliphatic rings. The zero-order chi connectivity index (χ0) is 18.6. The van der Waals surface area contributed by atoms with Crippen LogP contribution in [-0.4, -0.2) is 32.6 Å². The predicted octanol–water partition coefficient (Wildman–Crippen LogP) is 2.60. The third-order valence-electron chi connectivity index (χ3n) is 4.34. The number of carbonyl (C=O) groups excluding carboxylic acids is 2. The van der Waals surface area contributed by atoms with E-state index in [1.54, 1.807) is 0 Å². The molecule has 0 aromatic heterocycles. The van der Waals surface area contributed by atoms with Crippen LogP contribution >= 0.6 is 0 Å². The van der Waals surface area contributed by atoms with Gasteiger partial charge in [0.15, 0.2) is 22.7 Å². The van der Waals surface area contributed by atoms with Crippen molar-refractivity contribution in [2.24, 2.45) is 5.92 Å². The summed E-state index contributed by atoms with van der Waals surface area (Å²) in [5.41, 5.74) is -1.58. The van der Waals surface area contributed by atoms with Gasteiger partial charge in [-0.05, 0) is 30.5 Å². The molecular formula is C17H17F2NO5. The van der Waals surface area contributed by atoms with Crippen LogP contribution in [0, 0.1) is 17.2 Å². The van der Waals surface area contributed by atoms with Gasteiger partial charge in [-0.2, -0.15) is 14.0 Å². The van der Waals surface area contributed by atoms with Crippen LogP contribution in [0.4, 0.5) is 8.78 Å². The number of rotatable bonds is 5. The maximum Gasteiger partial charge on any atom is 0.387 e. The van der Waals surface area contributed by atoms with Crippen molar-refractivity contribution in [3.8, 4) is 17.6 Å². The molecule has 1 aliphatic carbocycles. The number of carbonyl (C=O) groups is 2. The molecule has 1 saturated carbocycles. The van der Waals surface area contributed by atoms with E-state index in [0.717, 1.165) is 7.11 Å². The van der Waals surface area contributed by atoms with Crippen LogP contribution in [-0.2, 0) is 19.7 Å². The van der Waals surface area contributed by atoms with Crippen LogP contribution in [0.2, 0.25) is 0 Å². The zero-order valence-corrected chi connectivity index (χ0v) is 13.8. The molecule has 0 amide bonds. The fourth-order valence-electron chi connectivity index (χ4n) is 3.11. The minimum absolute atomic E-state index is 0.0182. The lowest BCUT2D eigenvalue weighted by Crippen LogP contribution is -2.48. The summed E-state index contributed by atoms with van der Waals surface area (Å²) in [6, 6.07) is 5.98. The normalized spacial score (nSPS) is 23.0. The van der Waals surface area contributed by atoms with Crippen LogP contribution in [0.15, 0.2) is 18.2 Å². The maximum absolute atomic E-state index is 12.6. The zero-order valence-electron chi connectivity index (χ0n) is 13.8. The number of halogens is 2. The van der Waals surface area contributed by atoms with Crippen LogP contribution in [0.1, 0.15) is 24.8 Å². The summed E-state index contributed by atoms with van der Waals surface area (Å²) in [4.78, 5) is 25.1. The molecule has 0 radical (unpaired) electrons. The van der Waals surface area contributed by atoms with Gasteiger partial charge >= 0.3 is 12.6 Å². The summed E-state index contributed by atoms with van der Waals surface area (Å²) in [5, 5.41) is 9.21. The van der Waals surface area contributed by atoms with E-state index in [1.807, 2.05) is 0 Å². The van der Waals surface area contributed by atoms with Gasteiger partial charge in [-0.25, -0.2) is 0 Å². The number of nitrogens with zero attached hydrogens (tertiary/aromatic N) is 1. The highest BCUT2D eigenvalue weighted by molar-refractivity contribution is 6.10. The molecule has 8 heteroatoms. The first-order valence-electron chi connectivity index (χ1n) is 7.53. The molecule has 25 heavy (non-hydrogen) atoms. The lowest BCUT2D eigenvalue weighted by atomic mass is 9.65. The Morgan fingerprint density at radius 2 is 2.08 bits per heavy atom. The molecule has 0 aliphatic heterocycles. The minimum atomic E-state index is -3.10. The molecule has 0 bridgehead atoms. The Kier molecular flexibility index (Phi) is 5.57. The monoisotopic (exact) mass is 353 g/mol. The van der Waals surface area contributed by atoms with Crippen molar-refractivity contribution in [2.75, 3.05) is 14.2 Å². The molecule has 1 fully saturated rings. The van der Waals surface area contributed by atoms with E-state index < -0.39 is 29.7 Å². The Labute approximate surface area is 143 Å². The topological polar surface area (TPSA) is 85.6 Å². The SMILES string of the molecule is COC(=O)C1(c2ccc(OC)c(OC(F)F)c2)CC(C#N)CCC1=O. The van der Waals surface area contributed by atoms with Gasteiger partial charge in [-0.15, -0.1) is 0 Å². The molecule has 0 N–H and O–H groups in total. The number of ether oxygens (including phenoxy) is 3. The summed E-state index contributed by atoms with van der Waals surface area (Å²) >= 11 is 0. The number of esters is 1. The van der Waals surface area contributed by atoms with Gasteiger partial charge < -0.3 is 14.2 Å². The molecule has 2 rings (SSSR count). The van der Waals surface area contributed by atoms with Gasteiger partial charge in [0.1, 0.15) is 0 Å². The highest BCUT2D eigenvalue weighted by Gasteiger charge is 2.52. The van der Waals surface area contributed by atoms with E-state index in [0.29, 0.717) is 6.42 Å². The molecule has 0 saturated heterocycles. The number of Topliss-reactive ketones (excluding diaryl/α,β-unsaturated/α-hetero) is 1. The van der Waals surface area contributed by atoms with E-state index in [-0.39, 0.29) is 29.9 Å². The van der Waals surface area contributed by atoms with Crippen LogP contribution in [0.5, 0.6) is 11.5 Å². The van der Waals surface area contributed by atoms with E-state index in [1.165, 1.54) is 25.3 Å². The van der Waals surface area contributed by atoms with Crippen molar-refractivity contribution in [1.29, 1.82) is 5.26 Å². The second kappa shape index (κ2) is 7.47. The second-order valence-electron chi connectivity index (χ2n) is 5.63. The highest BCUT2D eigenvalue weighted by Crippen LogP contribution is 2.43. The summed E-state index contributed by atoms with van der Waals surface area (Å²) in [6.07, 6.45) is 0.282. The second-order valence-corrected chi connectivity index (χ2v) is 5.63. The van der Waals surface area contributed by atoms with Crippen molar-refractivity contribution in [2.45, 2.75) is 31.3 Å². The van der Waals surface area contributed by atoms with Crippen LogP contribution in [0.25, 0.3) is 0 Å². The predicted molar refractivity (Wildman–Crippen MR) is 81.3 cm³/mol. The van der Waals surface area contributed by atoms with Crippen molar-refractivity contribution in [3.05, 3.63) is 23.8 Å². The molecule has 0 spiro atoms. The smallest absolute Gasteiger partial charge is 0.387 e. The first kappa shape index (κ1) is 18.6. The summed E-state index contributed by atoms with van der Waals surface area (Å²) < 4.78 is 39.5. The first-order chi connectivity index (χ1) is 11.9. The number of benzene rings is 1. The molecule has 2 unspecified atom stereocenters. The number of alkyl halides is 2. The molecule has 0 heterocycles. The standard InChI is InChI=1S/C17H17F2NO5/c1-23-12-5-4-11(7-13(12)25-16(18)19)17(15(22)24-2)8-10(9-20)3-6-14(17)21/h4-5,7,10,16H,3,6,8H2,1-2H3. The van der Waals surface area contributed by atoms with E-state index in [2.05, 4.69) is 10.8 Å². The highest BCUT2D eigenvalue weighted by atomic mass is 19.3. The Morgan fingerprint density at radius 3 is 2.64 bits per heavy atom. The lowest BCUT2D eigenvalue weighted by Gasteiger charge is -2.35. The fourth-order valence-corrected chi connectivity index (χ4v) is 3.11. The van der Waals surface area contributed by atoms with Crippen LogP contribution in [0.3, 0.4) is 0 Å².